The first-order chi connectivity index (χ1) is 7.86. The second kappa shape index (κ2) is 4.67. The standard InChI is InChI=1S/C12H12BrClN2S/c1-12(2,3)11-15-7(6-9(13)16-11)8-4-5-10(14)17-8/h4-6H,1-3H3. The number of thiophene rings is 1. The van der Waals surface area contributed by atoms with Crippen LogP contribution < -0.4 is 0 Å². The van der Waals surface area contributed by atoms with Crippen molar-refractivity contribution in [2.45, 2.75) is 26.2 Å². The Morgan fingerprint density at radius 2 is 1.94 bits per heavy atom. The van der Waals surface area contributed by atoms with E-state index in [9.17, 15) is 0 Å². The highest BCUT2D eigenvalue weighted by Gasteiger charge is 2.19. The van der Waals surface area contributed by atoms with Crippen molar-refractivity contribution in [3.63, 3.8) is 0 Å². The summed E-state index contributed by atoms with van der Waals surface area (Å²) in [7, 11) is 0. The molecule has 17 heavy (non-hydrogen) atoms. The molecule has 2 nitrogen and oxygen atoms in total. The summed E-state index contributed by atoms with van der Waals surface area (Å²) in [5.41, 5.74) is 0.841. The largest absolute Gasteiger partial charge is 0.231 e. The molecule has 90 valence electrons. The molecule has 0 aliphatic rings. The molecular weight excluding hydrogens is 320 g/mol. The SMILES string of the molecule is CC(C)(C)c1nc(Br)cc(-c2ccc(Cl)s2)n1. The van der Waals surface area contributed by atoms with E-state index < -0.39 is 0 Å². The van der Waals surface area contributed by atoms with Crippen LogP contribution in [0.2, 0.25) is 4.34 Å². The summed E-state index contributed by atoms with van der Waals surface area (Å²) in [6, 6.07) is 5.78. The van der Waals surface area contributed by atoms with E-state index in [2.05, 4.69) is 46.7 Å². The van der Waals surface area contributed by atoms with Crippen LogP contribution in [-0.2, 0) is 5.41 Å². The molecule has 2 aromatic heterocycles. The second-order valence-electron chi connectivity index (χ2n) is 4.75. The van der Waals surface area contributed by atoms with Crippen molar-refractivity contribution in [2.24, 2.45) is 0 Å². The topological polar surface area (TPSA) is 25.8 Å². The van der Waals surface area contributed by atoms with Crippen molar-refractivity contribution in [1.82, 2.24) is 9.97 Å². The minimum Gasteiger partial charge on any atom is -0.231 e. The van der Waals surface area contributed by atoms with Gasteiger partial charge >= 0.3 is 0 Å². The normalized spacial score (nSPS) is 11.8. The molecule has 0 aliphatic heterocycles. The number of rotatable bonds is 1. The van der Waals surface area contributed by atoms with Crippen molar-refractivity contribution in [3.05, 3.63) is 33.0 Å². The summed E-state index contributed by atoms with van der Waals surface area (Å²) in [6.45, 7) is 6.29. The van der Waals surface area contributed by atoms with Gasteiger partial charge in [-0.3, -0.25) is 0 Å². The number of nitrogens with zero attached hydrogens (tertiary/aromatic N) is 2. The number of hydrogen-bond acceptors (Lipinski definition) is 3. The van der Waals surface area contributed by atoms with Crippen LogP contribution in [0, 0.1) is 0 Å². The number of halogens is 2. The minimum absolute atomic E-state index is 0.0699. The summed E-state index contributed by atoms with van der Waals surface area (Å²) in [5.74, 6) is 0.825. The average Bonchev–Trinajstić information content (AvgIpc) is 2.62. The predicted octanol–water partition coefficient (Wildman–Crippen LogP) is 4.92. The molecule has 0 bridgehead atoms. The number of aromatic nitrogens is 2. The Morgan fingerprint density at radius 1 is 1.24 bits per heavy atom. The van der Waals surface area contributed by atoms with Crippen molar-refractivity contribution in [2.75, 3.05) is 0 Å². The van der Waals surface area contributed by atoms with Gasteiger partial charge in [-0.15, -0.1) is 11.3 Å². The molecule has 0 aliphatic carbocycles. The van der Waals surface area contributed by atoms with Gasteiger partial charge in [-0.05, 0) is 34.1 Å². The molecule has 0 amide bonds. The van der Waals surface area contributed by atoms with E-state index in [0.29, 0.717) is 0 Å². The fraction of sp³-hybridized carbons (Fsp3) is 0.333. The minimum atomic E-state index is -0.0699. The average molecular weight is 332 g/mol. The molecule has 0 aromatic carbocycles. The Kier molecular flexibility index (Phi) is 3.57. The third-order valence-corrected chi connectivity index (χ3v) is 3.85. The van der Waals surface area contributed by atoms with Crippen molar-refractivity contribution in [1.29, 1.82) is 0 Å². The third kappa shape index (κ3) is 3.06. The van der Waals surface area contributed by atoms with Crippen LogP contribution in [0.1, 0.15) is 26.6 Å². The Labute approximate surface area is 118 Å². The first kappa shape index (κ1) is 13.0. The molecule has 0 unspecified atom stereocenters. The zero-order valence-corrected chi connectivity index (χ0v) is 12.9. The van der Waals surface area contributed by atoms with Crippen LogP contribution in [0.15, 0.2) is 22.8 Å². The van der Waals surface area contributed by atoms with Crippen LogP contribution in [0.5, 0.6) is 0 Å². The van der Waals surface area contributed by atoms with E-state index in [0.717, 1.165) is 25.3 Å². The lowest BCUT2D eigenvalue weighted by Gasteiger charge is -2.17. The van der Waals surface area contributed by atoms with E-state index in [1.165, 1.54) is 11.3 Å². The van der Waals surface area contributed by atoms with E-state index in [1.807, 2.05) is 18.2 Å². The highest BCUT2D eigenvalue weighted by atomic mass is 79.9. The molecule has 0 spiro atoms. The molecule has 2 rings (SSSR count). The van der Waals surface area contributed by atoms with Crippen LogP contribution in [-0.4, -0.2) is 9.97 Å². The summed E-state index contributed by atoms with van der Waals surface area (Å²) >= 11 is 10.9. The van der Waals surface area contributed by atoms with Crippen molar-refractivity contribution >= 4 is 38.9 Å². The molecule has 0 fully saturated rings. The Balaban J connectivity index is 2.52. The van der Waals surface area contributed by atoms with Gasteiger partial charge in [-0.2, -0.15) is 0 Å². The van der Waals surface area contributed by atoms with Crippen LogP contribution in [0.4, 0.5) is 0 Å². The van der Waals surface area contributed by atoms with Gasteiger partial charge in [0.25, 0.3) is 0 Å². The van der Waals surface area contributed by atoms with Gasteiger partial charge in [0, 0.05) is 5.41 Å². The van der Waals surface area contributed by atoms with E-state index >= 15 is 0 Å². The number of hydrogen-bond donors (Lipinski definition) is 0. The third-order valence-electron chi connectivity index (χ3n) is 2.19. The summed E-state index contributed by atoms with van der Waals surface area (Å²) in [5, 5.41) is 0. The van der Waals surface area contributed by atoms with E-state index in [4.69, 9.17) is 11.6 Å². The fourth-order valence-corrected chi connectivity index (χ4v) is 2.72. The maximum atomic E-state index is 5.94. The smallest absolute Gasteiger partial charge is 0.135 e. The maximum Gasteiger partial charge on any atom is 0.135 e. The van der Waals surface area contributed by atoms with Gasteiger partial charge in [0.1, 0.15) is 10.4 Å². The molecule has 0 radical (unpaired) electrons. The lowest BCUT2D eigenvalue weighted by atomic mass is 9.95. The fourth-order valence-electron chi connectivity index (χ4n) is 1.33. The second-order valence-corrected chi connectivity index (χ2v) is 7.28. The van der Waals surface area contributed by atoms with Crippen LogP contribution in [0.25, 0.3) is 10.6 Å². The van der Waals surface area contributed by atoms with E-state index in [1.54, 1.807) is 0 Å². The van der Waals surface area contributed by atoms with Gasteiger partial charge in [0.2, 0.25) is 0 Å². The van der Waals surface area contributed by atoms with Crippen molar-refractivity contribution in [3.8, 4) is 10.6 Å². The monoisotopic (exact) mass is 330 g/mol. The highest BCUT2D eigenvalue weighted by Crippen LogP contribution is 2.32. The molecule has 5 heteroatoms. The molecule has 0 saturated carbocycles. The quantitative estimate of drug-likeness (QED) is 0.693. The highest BCUT2D eigenvalue weighted by molar-refractivity contribution is 9.10. The van der Waals surface area contributed by atoms with Crippen LogP contribution in [0.3, 0.4) is 0 Å². The Hall–Kier alpha value is -0.450. The Morgan fingerprint density at radius 3 is 2.47 bits per heavy atom. The van der Waals surface area contributed by atoms with Crippen LogP contribution >= 0.6 is 38.9 Å². The lowest BCUT2D eigenvalue weighted by Crippen LogP contribution is -2.16. The Bertz CT molecular complexity index is 546. The first-order valence-electron chi connectivity index (χ1n) is 5.17. The molecule has 2 aromatic rings. The predicted molar refractivity (Wildman–Crippen MR) is 76.8 cm³/mol. The maximum absolute atomic E-state index is 5.94. The molecule has 0 atom stereocenters. The molecule has 0 N–H and O–H groups in total. The molecule has 0 saturated heterocycles. The lowest BCUT2D eigenvalue weighted by molar-refractivity contribution is 0.544. The van der Waals surface area contributed by atoms with Gasteiger partial charge in [0.15, 0.2) is 0 Å². The molecular formula is C12H12BrClN2S. The van der Waals surface area contributed by atoms with Crippen molar-refractivity contribution < 1.29 is 0 Å². The zero-order chi connectivity index (χ0) is 12.6. The summed E-state index contributed by atoms with van der Waals surface area (Å²) < 4.78 is 1.57. The molecule has 2 heterocycles. The van der Waals surface area contributed by atoms with Gasteiger partial charge in [-0.1, -0.05) is 32.4 Å². The zero-order valence-electron chi connectivity index (χ0n) is 9.79. The van der Waals surface area contributed by atoms with Gasteiger partial charge in [0.05, 0.1) is 14.9 Å². The van der Waals surface area contributed by atoms with Gasteiger partial charge in [-0.25, -0.2) is 9.97 Å². The first-order valence-corrected chi connectivity index (χ1v) is 7.16. The van der Waals surface area contributed by atoms with E-state index in [-0.39, 0.29) is 5.41 Å². The summed E-state index contributed by atoms with van der Waals surface area (Å²) in [6.07, 6.45) is 0. The van der Waals surface area contributed by atoms with Gasteiger partial charge < -0.3 is 0 Å². The summed E-state index contributed by atoms with van der Waals surface area (Å²) in [4.78, 5) is 10.1.